The van der Waals surface area contributed by atoms with Crippen LogP contribution in [0.15, 0.2) is 16.6 Å². The van der Waals surface area contributed by atoms with Crippen molar-refractivity contribution in [2.45, 2.75) is 59.3 Å². The monoisotopic (exact) mass is 325 g/mol. The van der Waals surface area contributed by atoms with Gasteiger partial charge in [-0.05, 0) is 53.4 Å². The van der Waals surface area contributed by atoms with E-state index >= 15 is 0 Å². The van der Waals surface area contributed by atoms with E-state index in [-0.39, 0.29) is 5.91 Å². The average Bonchev–Trinajstić information content (AvgIpc) is 2.33. The fourth-order valence-corrected chi connectivity index (χ4v) is 2.94. The van der Waals surface area contributed by atoms with Gasteiger partial charge in [0.2, 0.25) is 5.91 Å². The van der Waals surface area contributed by atoms with Gasteiger partial charge < -0.3 is 5.32 Å². The first-order valence-corrected chi connectivity index (χ1v) is 7.90. The number of nitrogens with one attached hydrogen (secondary N) is 1. The van der Waals surface area contributed by atoms with Gasteiger partial charge in [-0.2, -0.15) is 0 Å². The summed E-state index contributed by atoms with van der Waals surface area (Å²) >= 11 is 3.51. The molecule has 19 heavy (non-hydrogen) atoms. The number of carbonyl (C=O) groups is 1. The molecule has 106 valence electrons. The first kappa shape index (κ1) is 16.2. The summed E-state index contributed by atoms with van der Waals surface area (Å²) in [5.41, 5.74) is 3.21. The van der Waals surface area contributed by atoms with Gasteiger partial charge in [0.25, 0.3) is 0 Å². The molecule has 1 rings (SSSR count). The van der Waals surface area contributed by atoms with Gasteiger partial charge in [-0.25, -0.2) is 0 Å². The van der Waals surface area contributed by atoms with Gasteiger partial charge in [0, 0.05) is 10.9 Å². The molecule has 0 fully saturated rings. The van der Waals surface area contributed by atoms with Crippen molar-refractivity contribution in [2.75, 3.05) is 5.32 Å². The maximum absolute atomic E-state index is 11.9. The normalized spacial score (nSPS) is 10.5. The van der Waals surface area contributed by atoms with Crippen molar-refractivity contribution >= 4 is 27.5 Å². The standard InChI is InChI=1S/C16H24BrNO/c1-4-5-6-7-8-9-15(19)18-16-13(3)10-12(2)11-14(16)17/h10-11H,4-9H2,1-3H3,(H,18,19). The summed E-state index contributed by atoms with van der Waals surface area (Å²) in [6, 6.07) is 4.12. The minimum Gasteiger partial charge on any atom is -0.325 e. The van der Waals surface area contributed by atoms with E-state index < -0.39 is 0 Å². The van der Waals surface area contributed by atoms with Gasteiger partial charge in [0.1, 0.15) is 0 Å². The zero-order chi connectivity index (χ0) is 14.3. The van der Waals surface area contributed by atoms with Crippen molar-refractivity contribution in [3.05, 3.63) is 27.7 Å². The lowest BCUT2D eigenvalue weighted by Crippen LogP contribution is -2.12. The highest BCUT2D eigenvalue weighted by atomic mass is 79.9. The third-order valence-electron chi connectivity index (χ3n) is 3.20. The largest absolute Gasteiger partial charge is 0.325 e. The Morgan fingerprint density at radius 3 is 2.47 bits per heavy atom. The van der Waals surface area contributed by atoms with Crippen molar-refractivity contribution in [2.24, 2.45) is 0 Å². The number of benzene rings is 1. The molecule has 0 bridgehead atoms. The highest BCUT2D eigenvalue weighted by Crippen LogP contribution is 2.28. The van der Waals surface area contributed by atoms with Gasteiger partial charge in [-0.1, -0.05) is 38.7 Å². The molecule has 0 saturated carbocycles. The van der Waals surface area contributed by atoms with Crippen molar-refractivity contribution < 1.29 is 4.79 Å². The lowest BCUT2D eigenvalue weighted by molar-refractivity contribution is -0.116. The predicted molar refractivity (Wildman–Crippen MR) is 85.6 cm³/mol. The second-order valence-corrected chi connectivity index (χ2v) is 6.01. The van der Waals surface area contributed by atoms with E-state index in [1.807, 2.05) is 13.0 Å². The van der Waals surface area contributed by atoms with Crippen LogP contribution in [0.1, 0.15) is 56.6 Å². The molecule has 1 aromatic rings. The van der Waals surface area contributed by atoms with E-state index in [1.165, 1.54) is 24.8 Å². The number of hydrogen-bond acceptors (Lipinski definition) is 1. The molecule has 0 atom stereocenters. The van der Waals surface area contributed by atoms with Crippen LogP contribution in [-0.4, -0.2) is 5.91 Å². The number of rotatable bonds is 7. The number of halogens is 1. The molecule has 0 heterocycles. The lowest BCUT2D eigenvalue weighted by Gasteiger charge is -2.11. The van der Waals surface area contributed by atoms with E-state index in [0.717, 1.165) is 28.6 Å². The van der Waals surface area contributed by atoms with Crippen LogP contribution in [0.4, 0.5) is 5.69 Å². The minimum atomic E-state index is 0.115. The van der Waals surface area contributed by atoms with Gasteiger partial charge in [0.05, 0.1) is 5.69 Å². The molecular weight excluding hydrogens is 302 g/mol. The SMILES string of the molecule is CCCCCCCC(=O)Nc1c(C)cc(C)cc1Br. The highest BCUT2D eigenvalue weighted by Gasteiger charge is 2.08. The number of unbranched alkanes of at least 4 members (excludes halogenated alkanes) is 4. The number of hydrogen-bond donors (Lipinski definition) is 1. The summed E-state index contributed by atoms with van der Waals surface area (Å²) in [6.07, 6.45) is 6.48. The minimum absolute atomic E-state index is 0.115. The van der Waals surface area contributed by atoms with Gasteiger partial charge in [-0.15, -0.1) is 0 Å². The molecule has 0 aliphatic heterocycles. The van der Waals surface area contributed by atoms with Gasteiger partial charge in [0.15, 0.2) is 0 Å². The molecule has 0 aromatic heterocycles. The second-order valence-electron chi connectivity index (χ2n) is 5.15. The summed E-state index contributed by atoms with van der Waals surface area (Å²) in [6.45, 7) is 6.27. The second kappa shape index (κ2) is 8.36. The van der Waals surface area contributed by atoms with Crippen molar-refractivity contribution in [1.82, 2.24) is 0 Å². The number of carbonyl (C=O) groups excluding carboxylic acids is 1. The highest BCUT2D eigenvalue weighted by molar-refractivity contribution is 9.10. The molecule has 0 aliphatic rings. The van der Waals surface area contributed by atoms with E-state index in [1.54, 1.807) is 0 Å². The maximum Gasteiger partial charge on any atom is 0.224 e. The van der Waals surface area contributed by atoms with Crippen molar-refractivity contribution in [3.63, 3.8) is 0 Å². The average molecular weight is 326 g/mol. The Morgan fingerprint density at radius 2 is 1.84 bits per heavy atom. The molecule has 2 nitrogen and oxygen atoms in total. The third kappa shape index (κ3) is 5.77. The Kier molecular flexibility index (Phi) is 7.14. The van der Waals surface area contributed by atoms with Crippen molar-refractivity contribution in [3.8, 4) is 0 Å². The van der Waals surface area contributed by atoms with Crippen LogP contribution in [0.5, 0.6) is 0 Å². The van der Waals surface area contributed by atoms with Crippen LogP contribution in [0.2, 0.25) is 0 Å². The summed E-state index contributed by atoms with van der Waals surface area (Å²) in [5, 5.41) is 3.01. The zero-order valence-corrected chi connectivity index (χ0v) is 13.8. The first-order chi connectivity index (χ1) is 9.04. The first-order valence-electron chi connectivity index (χ1n) is 7.11. The Morgan fingerprint density at radius 1 is 1.16 bits per heavy atom. The van der Waals surface area contributed by atoms with Crippen LogP contribution in [0, 0.1) is 13.8 Å². The number of anilines is 1. The molecular formula is C16H24BrNO. The Labute approximate surface area is 125 Å². The maximum atomic E-state index is 11.9. The topological polar surface area (TPSA) is 29.1 Å². The number of amides is 1. The van der Waals surface area contributed by atoms with Crippen LogP contribution >= 0.6 is 15.9 Å². The molecule has 3 heteroatoms. The lowest BCUT2D eigenvalue weighted by atomic mass is 10.1. The fourth-order valence-electron chi connectivity index (χ4n) is 2.17. The Hall–Kier alpha value is -0.830. The van der Waals surface area contributed by atoms with Gasteiger partial charge >= 0.3 is 0 Å². The van der Waals surface area contributed by atoms with E-state index in [0.29, 0.717) is 6.42 Å². The predicted octanol–water partition coefficient (Wildman–Crippen LogP) is 5.36. The van der Waals surface area contributed by atoms with Gasteiger partial charge in [-0.3, -0.25) is 4.79 Å². The van der Waals surface area contributed by atoms with Crippen molar-refractivity contribution in [1.29, 1.82) is 0 Å². The molecule has 1 amide bonds. The smallest absolute Gasteiger partial charge is 0.224 e. The van der Waals surface area contributed by atoms with E-state index in [4.69, 9.17) is 0 Å². The quantitative estimate of drug-likeness (QED) is 0.671. The molecule has 0 unspecified atom stereocenters. The Bertz CT molecular complexity index is 406. The van der Waals surface area contributed by atoms with E-state index in [2.05, 4.69) is 41.2 Å². The number of aryl methyl sites for hydroxylation is 2. The summed E-state index contributed by atoms with van der Waals surface area (Å²) in [5.74, 6) is 0.115. The summed E-state index contributed by atoms with van der Waals surface area (Å²) in [7, 11) is 0. The summed E-state index contributed by atoms with van der Waals surface area (Å²) in [4.78, 5) is 11.9. The fraction of sp³-hybridized carbons (Fsp3) is 0.562. The molecule has 0 spiro atoms. The zero-order valence-electron chi connectivity index (χ0n) is 12.2. The van der Waals surface area contributed by atoms with Crippen LogP contribution in [-0.2, 0) is 4.79 Å². The summed E-state index contributed by atoms with van der Waals surface area (Å²) < 4.78 is 0.962. The van der Waals surface area contributed by atoms with Crippen LogP contribution in [0.25, 0.3) is 0 Å². The molecule has 0 saturated heterocycles. The molecule has 0 radical (unpaired) electrons. The molecule has 1 N–H and O–H groups in total. The van der Waals surface area contributed by atoms with Crippen LogP contribution < -0.4 is 5.32 Å². The van der Waals surface area contributed by atoms with Crippen LogP contribution in [0.3, 0.4) is 0 Å². The Balaban J connectivity index is 2.44. The molecule has 1 aromatic carbocycles. The third-order valence-corrected chi connectivity index (χ3v) is 3.83. The molecule has 0 aliphatic carbocycles. The van der Waals surface area contributed by atoms with E-state index in [9.17, 15) is 4.79 Å².